The highest BCUT2D eigenvalue weighted by molar-refractivity contribution is 7.90. The minimum Gasteiger partial charge on any atom is -0.394 e. The van der Waals surface area contributed by atoms with E-state index in [4.69, 9.17) is 21.8 Å². The van der Waals surface area contributed by atoms with E-state index < -0.39 is 27.9 Å². The molecule has 0 aliphatic rings. The van der Waals surface area contributed by atoms with E-state index in [0.29, 0.717) is 0 Å². The van der Waals surface area contributed by atoms with Crippen LogP contribution in [-0.2, 0) is 10.0 Å². The van der Waals surface area contributed by atoms with Crippen molar-refractivity contribution < 1.29 is 18.6 Å². The Morgan fingerprint density at radius 2 is 2.09 bits per heavy atom. The first-order chi connectivity index (χ1) is 5.02. The number of aliphatic hydroxyl groups is 2. The standard InChI is InChI=1S/C4H10ClNO4S/c5-3-11(9,10)6-1-4(8)2-7/h4,6-8H,1-3H2. The van der Waals surface area contributed by atoms with Gasteiger partial charge in [0.1, 0.15) is 5.21 Å². The largest absolute Gasteiger partial charge is 0.394 e. The quantitative estimate of drug-likeness (QED) is 0.473. The molecule has 0 aromatic heterocycles. The van der Waals surface area contributed by atoms with Gasteiger partial charge < -0.3 is 10.2 Å². The van der Waals surface area contributed by atoms with Gasteiger partial charge in [-0.25, -0.2) is 13.1 Å². The van der Waals surface area contributed by atoms with Gasteiger partial charge in [-0.05, 0) is 0 Å². The molecule has 0 aromatic carbocycles. The van der Waals surface area contributed by atoms with Crippen LogP contribution in [0.2, 0.25) is 0 Å². The molecule has 3 N–H and O–H groups in total. The summed E-state index contributed by atoms with van der Waals surface area (Å²) in [6.07, 6.45) is -1.08. The Labute approximate surface area is 70.0 Å². The van der Waals surface area contributed by atoms with E-state index in [1.54, 1.807) is 0 Å². The minimum absolute atomic E-state index is 0.217. The Hall–Kier alpha value is 0.120. The van der Waals surface area contributed by atoms with Crippen molar-refractivity contribution in [1.82, 2.24) is 4.72 Å². The molecule has 0 rings (SSSR count). The smallest absolute Gasteiger partial charge is 0.225 e. The van der Waals surface area contributed by atoms with Gasteiger partial charge in [0.05, 0.1) is 12.7 Å². The fourth-order valence-corrected chi connectivity index (χ4v) is 1.08. The maximum Gasteiger partial charge on any atom is 0.225 e. The Morgan fingerprint density at radius 1 is 1.55 bits per heavy atom. The van der Waals surface area contributed by atoms with Gasteiger partial charge in [-0.3, -0.25) is 0 Å². The second-order valence-electron chi connectivity index (χ2n) is 1.91. The van der Waals surface area contributed by atoms with Crippen molar-refractivity contribution >= 4 is 21.6 Å². The van der Waals surface area contributed by atoms with Crippen molar-refractivity contribution in [3.63, 3.8) is 0 Å². The molecule has 7 heteroatoms. The first-order valence-corrected chi connectivity index (χ1v) is 5.02. The molecular weight excluding hydrogens is 194 g/mol. The predicted molar refractivity (Wildman–Crippen MR) is 40.7 cm³/mol. The number of rotatable bonds is 5. The number of hydrogen-bond donors (Lipinski definition) is 3. The molecule has 0 fully saturated rings. The lowest BCUT2D eigenvalue weighted by Gasteiger charge is -2.06. The van der Waals surface area contributed by atoms with Gasteiger partial charge in [0.15, 0.2) is 0 Å². The van der Waals surface area contributed by atoms with E-state index in [1.807, 2.05) is 4.72 Å². The SMILES string of the molecule is O=S(=O)(CCl)NCC(O)CO. The lowest BCUT2D eigenvalue weighted by atomic mass is 10.4. The second kappa shape index (κ2) is 4.89. The second-order valence-corrected chi connectivity index (χ2v) is 4.30. The van der Waals surface area contributed by atoms with E-state index in [1.165, 1.54) is 0 Å². The highest BCUT2D eigenvalue weighted by Crippen LogP contribution is 1.88. The highest BCUT2D eigenvalue weighted by atomic mass is 35.5. The maximum absolute atomic E-state index is 10.6. The summed E-state index contributed by atoms with van der Waals surface area (Å²) >= 11 is 5.03. The molecule has 68 valence electrons. The number of sulfonamides is 1. The van der Waals surface area contributed by atoms with Crippen LogP contribution in [0.5, 0.6) is 0 Å². The molecule has 0 heterocycles. The molecule has 0 spiro atoms. The number of aliphatic hydroxyl groups excluding tert-OH is 2. The predicted octanol–water partition coefficient (Wildman–Crippen LogP) is -1.54. The van der Waals surface area contributed by atoms with Crippen LogP contribution in [0.15, 0.2) is 0 Å². The molecule has 1 atom stereocenters. The fourth-order valence-electron chi connectivity index (χ4n) is 0.326. The normalized spacial score (nSPS) is 14.8. The summed E-state index contributed by atoms with van der Waals surface area (Å²) in [7, 11) is -3.48. The molecular formula is C4H10ClNO4S. The van der Waals surface area contributed by atoms with Crippen LogP contribution in [0.25, 0.3) is 0 Å². The summed E-state index contributed by atoms with van der Waals surface area (Å²) in [5.41, 5.74) is 0. The Balaban J connectivity index is 3.71. The topological polar surface area (TPSA) is 86.6 Å². The molecule has 0 radical (unpaired) electrons. The van der Waals surface area contributed by atoms with Crippen molar-refractivity contribution in [3.05, 3.63) is 0 Å². The first-order valence-electron chi connectivity index (χ1n) is 2.84. The average molecular weight is 204 g/mol. The van der Waals surface area contributed by atoms with Gasteiger partial charge in [0.25, 0.3) is 0 Å². The van der Waals surface area contributed by atoms with Crippen molar-refractivity contribution in [1.29, 1.82) is 0 Å². The minimum atomic E-state index is -3.48. The van der Waals surface area contributed by atoms with E-state index in [-0.39, 0.29) is 6.54 Å². The Kier molecular flexibility index (Phi) is 4.94. The van der Waals surface area contributed by atoms with Crippen LogP contribution in [0.1, 0.15) is 0 Å². The molecule has 11 heavy (non-hydrogen) atoms. The van der Waals surface area contributed by atoms with Crippen molar-refractivity contribution in [2.24, 2.45) is 0 Å². The van der Waals surface area contributed by atoms with Gasteiger partial charge in [-0.15, -0.1) is 11.6 Å². The number of halogens is 1. The average Bonchev–Trinajstić information content (AvgIpc) is 2.00. The van der Waals surface area contributed by atoms with Gasteiger partial charge in [-0.1, -0.05) is 0 Å². The van der Waals surface area contributed by atoms with E-state index in [0.717, 1.165) is 0 Å². The van der Waals surface area contributed by atoms with Crippen LogP contribution in [0, 0.1) is 0 Å². The molecule has 0 saturated heterocycles. The van der Waals surface area contributed by atoms with E-state index in [9.17, 15) is 8.42 Å². The zero-order valence-electron chi connectivity index (χ0n) is 5.70. The summed E-state index contributed by atoms with van der Waals surface area (Å²) < 4.78 is 23.2. The maximum atomic E-state index is 10.6. The van der Waals surface area contributed by atoms with E-state index in [2.05, 4.69) is 0 Å². The molecule has 0 saturated carbocycles. The molecule has 0 amide bonds. The van der Waals surface area contributed by atoms with Crippen LogP contribution in [0.4, 0.5) is 0 Å². The number of alkyl halides is 1. The van der Waals surface area contributed by atoms with Gasteiger partial charge >= 0.3 is 0 Å². The fraction of sp³-hybridized carbons (Fsp3) is 1.00. The summed E-state index contributed by atoms with van der Waals surface area (Å²) in [5.74, 6) is 0. The number of hydrogen-bond acceptors (Lipinski definition) is 4. The van der Waals surface area contributed by atoms with Gasteiger partial charge in [0, 0.05) is 6.54 Å². The lowest BCUT2D eigenvalue weighted by molar-refractivity contribution is 0.0988. The molecule has 0 bridgehead atoms. The van der Waals surface area contributed by atoms with Crippen molar-refractivity contribution in [2.75, 3.05) is 18.4 Å². The number of nitrogens with one attached hydrogen (secondary N) is 1. The van der Waals surface area contributed by atoms with Crippen LogP contribution in [-0.4, -0.2) is 43.1 Å². The third-order valence-corrected chi connectivity index (χ3v) is 2.65. The molecule has 0 aromatic rings. The van der Waals surface area contributed by atoms with Crippen LogP contribution >= 0.6 is 11.6 Å². The Bertz CT molecular complexity index is 192. The molecule has 1 unspecified atom stereocenters. The Morgan fingerprint density at radius 3 is 2.45 bits per heavy atom. The van der Waals surface area contributed by atoms with Gasteiger partial charge in [0.2, 0.25) is 10.0 Å². The third kappa shape index (κ3) is 5.40. The molecule has 5 nitrogen and oxygen atoms in total. The third-order valence-electron chi connectivity index (χ3n) is 0.893. The monoisotopic (exact) mass is 203 g/mol. The molecule has 0 aliphatic carbocycles. The zero-order valence-corrected chi connectivity index (χ0v) is 7.27. The first kappa shape index (κ1) is 11.1. The summed E-state index contributed by atoms with van der Waals surface area (Å²) in [6, 6.07) is 0. The van der Waals surface area contributed by atoms with Crippen LogP contribution < -0.4 is 4.72 Å². The summed E-state index contributed by atoms with van der Waals surface area (Å²) in [4.78, 5) is 0. The molecule has 0 aliphatic heterocycles. The highest BCUT2D eigenvalue weighted by Gasteiger charge is 2.09. The summed E-state index contributed by atoms with van der Waals surface area (Å²) in [5, 5.41) is 16.4. The van der Waals surface area contributed by atoms with Crippen LogP contribution in [0.3, 0.4) is 0 Å². The van der Waals surface area contributed by atoms with Crippen molar-refractivity contribution in [2.45, 2.75) is 6.10 Å². The van der Waals surface area contributed by atoms with Crippen molar-refractivity contribution in [3.8, 4) is 0 Å². The lowest BCUT2D eigenvalue weighted by Crippen LogP contribution is -2.34. The zero-order chi connectivity index (χ0) is 8.91. The summed E-state index contributed by atoms with van der Waals surface area (Å²) in [6.45, 7) is -0.698. The van der Waals surface area contributed by atoms with E-state index >= 15 is 0 Å². The van der Waals surface area contributed by atoms with Gasteiger partial charge in [-0.2, -0.15) is 0 Å².